The van der Waals surface area contributed by atoms with Crippen LogP contribution in [0.3, 0.4) is 0 Å². The van der Waals surface area contributed by atoms with Crippen LogP contribution in [0.15, 0.2) is 219 Å². The lowest BCUT2D eigenvalue weighted by atomic mass is 9.99. The van der Waals surface area contributed by atoms with Gasteiger partial charge in [-0.1, -0.05) is 133 Å². The summed E-state index contributed by atoms with van der Waals surface area (Å²) in [5, 5.41) is 5.13. The average molecular weight is 765 g/mol. The van der Waals surface area contributed by atoms with Gasteiger partial charge in [-0.25, -0.2) is 4.98 Å². The first-order chi connectivity index (χ1) is 29.7. The van der Waals surface area contributed by atoms with Crippen LogP contribution in [-0.2, 0) is 0 Å². The molecule has 0 aliphatic heterocycles. The van der Waals surface area contributed by atoms with E-state index in [1.54, 1.807) is 0 Å². The molecule has 4 aromatic heterocycles. The summed E-state index contributed by atoms with van der Waals surface area (Å²) in [7, 11) is 0. The minimum absolute atomic E-state index is 0.876. The third kappa shape index (κ3) is 5.53. The van der Waals surface area contributed by atoms with Gasteiger partial charge in [0.25, 0.3) is 0 Å². The number of aromatic nitrogens is 3. The molecule has 0 spiro atoms. The summed E-state index contributed by atoms with van der Waals surface area (Å²) in [6, 6.07) is 76.1. The van der Waals surface area contributed by atoms with E-state index >= 15 is 0 Å². The molecule has 12 aromatic rings. The lowest BCUT2D eigenvalue weighted by molar-refractivity contribution is 1.28. The largest absolute Gasteiger partial charge is 0.311 e. The highest BCUT2D eigenvalue weighted by Crippen LogP contribution is 2.43. The third-order valence-electron chi connectivity index (χ3n) is 12.0. The van der Waals surface area contributed by atoms with Crippen molar-refractivity contribution in [2.75, 3.05) is 4.90 Å². The highest BCUT2D eigenvalue weighted by Gasteiger charge is 2.20. The Morgan fingerprint density at radius 1 is 0.367 bits per heavy atom. The zero-order valence-corrected chi connectivity index (χ0v) is 32.6. The van der Waals surface area contributed by atoms with Crippen molar-refractivity contribution >= 4 is 66.2 Å². The van der Waals surface area contributed by atoms with Crippen molar-refractivity contribution in [3.63, 3.8) is 0 Å². The smallest absolute Gasteiger partial charge is 0.0965 e. The Hall–Kier alpha value is -8.08. The molecule has 8 aromatic carbocycles. The molecule has 4 heteroatoms. The van der Waals surface area contributed by atoms with Crippen LogP contribution in [-0.4, -0.2) is 14.4 Å². The monoisotopic (exact) mass is 764 g/mol. The van der Waals surface area contributed by atoms with Gasteiger partial charge in [0.2, 0.25) is 0 Å². The Bertz CT molecular complexity index is 3420. The number of rotatable bonds is 7. The van der Waals surface area contributed by atoms with Crippen molar-refractivity contribution in [2.24, 2.45) is 0 Å². The fourth-order valence-electron chi connectivity index (χ4n) is 9.13. The van der Waals surface area contributed by atoms with E-state index in [1.807, 2.05) is 24.4 Å². The second-order valence-electron chi connectivity index (χ2n) is 15.4. The van der Waals surface area contributed by atoms with E-state index in [4.69, 9.17) is 9.97 Å². The van der Waals surface area contributed by atoms with Crippen molar-refractivity contribution in [1.29, 1.82) is 0 Å². The number of pyridine rings is 2. The summed E-state index contributed by atoms with van der Waals surface area (Å²) >= 11 is 0. The average Bonchev–Trinajstić information content (AvgIpc) is 3.84. The zero-order valence-electron chi connectivity index (χ0n) is 32.6. The lowest BCUT2D eigenvalue weighted by Crippen LogP contribution is -2.09. The lowest BCUT2D eigenvalue weighted by Gasteiger charge is -2.26. The van der Waals surface area contributed by atoms with Crippen molar-refractivity contribution in [3.8, 4) is 44.6 Å². The number of fused-ring (bicyclic) bond motifs is 7. The number of hydrogen-bond donors (Lipinski definition) is 0. The molecule has 4 heterocycles. The van der Waals surface area contributed by atoms with Crippen LogP contribution in [0.4, 0.5) is 17.1 Å². The van der Waals surface area contributed by atoms with E-state index in [2.05, 4.69) is 203 Å². The molecule has 0 saturated carbocycles. The van der Waals surface area contributed by atoms with Gasteiger partial charge in [0.15, 0.2) is 0 Å². The van der Waals surface area contributed by atoms with Crippen molar-refractivity contribution in [1.82, 2.24) is 14.4 Å². The molecule has 0 aliphatic carbocycles. The molecule has 0 unspecified atom stereocenters. The summed E-state index contributed by atoms with van der Waals surface area (Å²) < 4.78 is 2.43. The van der Waals surface area contributed by atoms with Crippen LogP contribution >= 0.6 is 0 Å². The van der Waals surface area contributed by atoms with Gasteiger partial charge < -0.3 is 9.30 Å². The maximum atomic E-state index is 5.08. The third-order valence-corrected chi connectivity index (χ3v) is 12.0. The van der Waals surface area contributed by atoms with Crippen LogP contribution < -0.4 is 4.90 Å². The van der Waals surface area contributed by atoms with E-state index < -0.39 is 0 Å². The molecular formula is C56H36N4. The van der Waals surface area contributed by atoms with Crippen molar-refractivity contribution < 1.29 is 0 Å². The van der Waals surface area contributed by atoms with Crippen LogP contribution in [0.2, 0.25) is 0 Å². The normalized spacial score (nSPS) is 11.7. The number of hydrogen-bond acceptors (Lipinski definition) is 3. The van der Waals surface area contributed by atoms with Crippen LogP contribution in [0, 0.1) is 0 Å². The molecule has 0 saturated heterocycles. The van der Waals surface area contributed by atoms with E-state index in [1.165, 1.54) is 60.3 Å². The van der Waals surface area contributed by atoms with Crippen LogP contribution in [0.1, 0.15) is 0 Å². The van der Waals surface area contributed by atoms with E-state index in [-0.39, 0.29) is 0 Å². The summed E-state index contributed by atoms with van der Waals surface area (Å²) in [4.78, 5) is 12.1. The van der Waals surface area contributed by atoms with Gasteiger partial charge in [-0.3, -0.25) is 4.98 Å². The Morgan fingerprint density at radius 2 is 0.850 bits per heavy atom. The Balaban J connectivity index is 0.958. The molecule has 0 atom stereocenters. The van der Waals surface area contributed by atoms with Gasteiger partial charge >= 0.3 is 0 Å². The van der Waals surface area contributed by atoms with Gasteiger partial charge in [0.1, 0.15) is 0 Å². The maximum absolute atomic E-state index is 5.08. The summed E-state index contributed by atoms with van der Waals surface area (Å²) in [6.07, 6.45) is 1.84. The van der Waals surface area contributed by atoms with Gasteiger partial charge in [-0.2, -0.15) is 0 Å². The summed E-state index contributed by atoms with van der Waals surface area (Å²) in [5.74, 6) is 0. The second-order valence-corrected chi connectivity index (χ2v) is 15.4. The number of nitrogens with zero attached hydrogens (tertiary/aromatic N) is 4. The predicted octanol–water partition coefficient (Wildman–Crippen LogP) is 14.9. The standard InChI is InChI=1S/C56H36N4/c1-3-12-37(13-4-1)38-21-27-43(28-22-38)59(45-31-25-41(26-32-45)52-36-48(40-14-5-2-6-15-40)55-51(58-52)18-11-33-57-55)44-29-23-39(24-30-44)42-34-49-46-16-7-9-19-53(46)60-54-20-10-8-17-47(54)50(35-42)56(49)60/h1-36H. The molecule has 0 bridgehead atoms. The molecule has 0 amide bonds. The van der Waals surface area contributed by atoms with E-state index in [9.17, 15) is 0 Å². The Labute approximate surface area is 347 Å². The molecule has 0 aliphatic rings. The van der Waals surface area contributed by atoms with Crippen LogP contribution in [0.5, 0.6) is 0 Å². The molecule has 0 N–H and O–H groups in total. The van der Waals surface area contributed by atoms with Gasteiger partial charge in [0, 0.05) is 55.9 Å². The van der Waals surface area contributed by atoms with Crippen LogP contribution in [0.25, 0.3) is 93.8 Å². The Kier molecular flexibility index (Phi) is 7.82. The SMILES string of the molecule is c1ccc(-c2ccc(N(c3ccc(-c4cc5c6ccccc6n6c7ccccc7c(c4)c56)cc3)c3ccc(-c4cc(-c5ccccc5)c5ncccc5n4)cc3)cc2)cc1. The molecular weight excluding hydrogens is 729 g/mol. The first-order valence-corrected chi connectivity index (χ1v) is 20.4. The van der Waals surface area contributed by atoms with Gasteiger partial charge in [0.05, 0.1) is 33.3 Å². The zero-order chi connectivity index (χ0) is 39.6. The second kappa shape index (κ2) is 13.8. The number of para-hydroxylation sites is 2. The first-order valence-electron chi connectivity index (χ1n) is 20.4. The van der Waals surface area contributed by atoms with Gasteiger partial charge in [-0.15, -0.1) is 0 Å². The Morgan fingerprint density at radius 3 is 1.43 bits per heavy atom. The summed E-state index contributed by atoms with van der Waals surface area (Å²) in [6.45, 7) is 0. The number of anilines is 3. The quantitative estimate of drug-likeness (QED) is 0.162. The molecule has 12 rings (SSSR count). The minimum atomic E-state index is 0.876. The number of benzene rings is 8. The first kappa shape index (κ1) is 34.0. The van der Waals surface area contributed by atoms with E-state index in [0.29, 0.717) is 0 Å². The molecule has 60 heavy (non-hydrogen) atoms. The predicted molar refractivity (Wildman–Crippen MR) is 251 cm³/mol. The van der Waals surface area contributed by atoms with Gasteiger partial charge in [-0.05, 0) is 107 Å². The van der Waals surface area contributed by atoms with Crippen molar-refractivity contribution in [3.05, 3.63) is 219 Å². The highest BCUT2D eigenvalue weighted by molar-refractivity contribution is 6.24. The maximum Gasteiger partial charge on any atom is 0.0965 e. The molecule has 280 valence electrons. The molecule has 0 fully saturated rings. The summed E-state index contributed by atoms with van der Waals surface area (Å²) in [5.41, 5.74) is 17.7. The van der Waals surface area contributed by atoms with E-state index in [0.717, 1.165) is 50.5 Å². The molecule has 4 nitrogen and oxygen atoms in total. The minimum Gasteiger partial charge on any atom is -0.311 e. The fraction of sp³-hybridized carbons (Fsp3) is 0. The highest BCUT2D eigenvalue weighted by atomic mass is 15.1. The van der Waals surface area contributed by atoms with Crippen molar-refractivity contribution in [2.45, 2.75) is 0 Å². The fourth-order valence-corrected chi connectivity index (χ4v) is 9.13. The topological polar surface area (TPSA) is 33.4 Å². The molecule has 0 radical (unpaired) electrons.